The summed E-state index contributed by atoms with van der Waals surface area (Å²) in [5.74, 6) is -0.431. The first-order valence-electron chi connectivity index (χ1n) is 7.27. The van der Waals surface area contributed by atoms with Gasteiger partial charge in [0.2, 0.25) is 0 Å². The van der Waals surface area contributed by atoms with Gasteiger partial charge in [-0.2, -0.15) is 0 Å². The predicted octanol–water partition coefficient (Wildman–Crippen LogP) is 4.64. The molecular formula is C19H16ClNO2. The van der Waals surface area contributed by atoms with Gasteiger partial charge in [0, 0.05) is 6.54 Å². The lowest BCUT2D eigenvalue weighted by Gasteiger charge is -2.11. The van der Waals surface area contributed by atoms with Crippen LogP contribution in [0.25, 0.3) is 11.3 Å². The summed E-state index contributed by atoms with van der Waals surface area (Å²) in [4.78, 5) is 12.0. The minimum Gasteiger partial charge on any atom is -0.465 e. The van der Waals surface area contributed by atoms with Gasteiger partial charge in [-0.1, -0.05) is 72.3 Å². The van der Waals surface area contributed by atoms with Gasteiger partial charge in [0.1, 0.15) is 5.15 Å². The molecule has 0 radical (unpaired) electrons. The van der Waals surface area contributed by atoms with Crippen molar-refractivity contribution in [1.29, 1.82) is 0 Å². The van der Waals surface area contributed by atoms with Crippen LogP contribution in [0.3, 0.4) is 0 Å². The molecule has 0 saturated heterocycles. The summed E-state index contributed by atoms with van der Waals surface area (Å²) in [6.45, 7) is 0.584. The van der Waals surface area contributed by atoms with Crippen LogP contribution in [-0.4, -0.2) is 17.6 Å². The van der Waals surface area contributed by atoms with Crippen LogP contribution in [0.4, 0.5) is 0 Å². The largest absolute Gasteiger partial charge is 0.465 e. The average molecular weight is 326 g/mol. The Labute approximate surface area is 140 Å². The van der Waals surface area contributed by atoms with Crippen molar-refractivity contribution < 1.29 is 9.53 Å². The highest BCUT2D eigenvalue weighted by atomic mass is 35.5. The van der Waals surface area contributed by atoms with Crippen LogP contribution >= 0.6 is 11.6 Å². The van der Waals surface area contributed by atoms with Crippen molar-refractivity contribution in [3.05, 3.63) is 83.0 Å². The highest BCUT2D eigenvalue weighted by Crippen LogP contribution is 2.30. The molecule has 4 heteroatoms. The second-order valence-electron chi connectivity index (χ2n) is 5.16. The standard InChI is InChI=1S/C19H16ClNO2/c1-23-19(22)16-12-17(15-10-6-3-7-11-15)21(18(16)20)13-14-8-4-2-5-9-14/h2-12H,13H2,1H3. The molecule has 0 aliphatic heterocycles. The first-order chi connectivity index (χ1) is 11.2. The first-order valence-corrected chi connectivity index (χ1v) is 7.65. The number of rotatable bonds is 4. The van der Waals surface area contributed by atoms with E-state index in [0.29, 0.717) is 17.3 Å². The van der Waals surface area contributed by atoms with Crippen LogP contribution in [0.5, 0.6) is 0 Å². The monoisotopic (exact) mass is 325 g/mol. The summed E-state index contributed by atoms with van der Waals surface area (Å²) in [5, 5.41) is 0.388. The van der Waals surface area contributed by atoms with E-state index in [-0.39, 0.29) is 0 Å². The van der Waals surface area contributed by atoms with Gasteiger partial charge >= 0.3 is 5.97 Å². The fourth-order valence-electron chi connectivity index (χ4n) is 2.55. The Morgan fingerprint density at radius 1 is 1.04 bits per heavy atom. The van der Waals surface area contributed by atoms with Crippen molar-refractivity contribution in [3.8, 4) is 11.3 Å². The van der Waals surface area contributed by atoms with E-state index in [4.69, 9.17) is 16.3 Å². The van der Waals surface area contributed by atoms with Crippen LogP contribution < -0.4 is 0 Å². The number of esters is 1. The number of carbonyl (C=O) groups excluding carboxylic acids is 1. The maximum Gasteiger partial charge on any atom is 0.341 e. The molecule has 0 amide bonds. The third kappa shape index (κ3) is 3.15. The van der Waals surface area contributed by atoms with Crippen molar-refractivity contribution in [2.45, 2.75) is 6.54 Å². The SMILES string of the molecule is COC(=O)c1cc(-c2ccccc2)n(Cc2ccccc2)c1Cl. The molecule has 0 spiro atoms. The molecule has 0 unspecified atom stereocenters. The third-order valence-electron chi connectivity index (χ3n) is 3.69. The molecule has 1 heterocycles. The van der Waals surface area contributed by atoms with E-state index >= 15 is 0 Å². The molecule has 0 bridgehead atoms. The quantitative estimate of drug-likeness (QED) is 0.654. The number of nitrogens with zero attached hydrogens (tertiary/aromatic N) is 1. The molecule has 23 heavy (non-hydrogen) atoms. The maximum atomic E-state index is 12.0. The lowest BCUT2D eigenvalue weighted by atomic mass is 10.1. The van der Waals surface area contributed by atoms with Crippen LogP contribution in [0.1, 0.15) is 15.9 Å². The molecule has 0 aliphatic carbocycles. The summed E-state index contributed by atoms with van der Waals surface area (Å²) in [6.07, 6.45) is 0. The van der Waals surface area contributed by atoms with E-state index in [1.54, 1.807) is 6.07 Å². The molecule has 1 aromatic heterocycles. The molecular weight excluding hydrogens is 310 g/mol. The van der Waals surface area contributed by atoms with E-state index in [1.165, 1.54) is 7.11 Å². The van der Waals surface area contributed by atoms with E-state index in [9.17, 15) is 4.79 Å². The van der Waals surface area contributed by atoms with Gasteiger partial charge in [-0.15, -0.1) is 0 Å². The molecule has 0 fully saturated rings. The van der Waals surface area contributed by atoms with Crippen molar-refractivity contribution in [2.75, 3.05) is 7.11 Å². The second-order valence-corrected chi connectivity index (χ2v) is 5.52. The van der Waals surface area contributed by atoms with Gasteiger partial charge in [0.05, 0.1) is 18.4 Å². The fraction of sp³-hybridized carbons (Fsp3) is 0.105. The molecule has 0 aliphatic rings. The topological polar surface area (TPSA) is 31.2 Å². The van der Waals surface area contributed by atoms with E-state index in [2.05, 4.69) is 0 Å². The number of halogens is 1. The number of methoxy groups -OCH3 is 1. The van der Waals surface area contributed by atoms with Crippen molar-refractivity contribution in [1.82, 2.24) is 4.57 Å². The third-order valence-corrected chi connectivity index (χ3v) is 4.10. The Hall–Kier alpha value is -2.52. The van der Waals surface area contributed by atoms with E-state index in [0.717, 1.165) is 16.8 Å². The maximum absolute atomic E-state index is 12.0. The number of hydrogen-bond donors (Lipinski definition) is 0. The normalized spacial score (nSPS) is 10.5. The zero-order chi connectivity index (χ0) is 16.2. The molecule has 3 aromatic rings. The van der Waals surface area contributed by atoms with Gasteiger partial charge < -0.3 is 9.30 Å². The highest BCUT2D eigenvalue weighted by Gasteiger charge is 2.20. The smallest absolute Gasteiger partial charge is 0.341 e. The summed E-state index contributed by atoms with van der Waals surface area (Å²) >= 11 is 6.47. The zero-order valence-corrected chi connectivity index (χ0v) is 13.5. The lowest BCUT2D eigenvalue weighted by molar-refractivity contribution is 0.0601. The number of benzene rings is 2. The van der Waals surface area contributed by atoms with E-state index in [1.807, 2.05) is 65.2 Å². The van der Waals surface area contributed by atoms with Crippen molar-refractivity contribution in [3.63, 3.8) is 0 Å². The Balaban J connectivity index is 2.12. The summed E-state index contributed by atoms with van der Waals surface area (Å²) < 4.78 is 6.76. The Morgan fingerprint density at radius 3 is 2.26 bits per heavy atom. The highest BCUT2D eigenvalue weighted by molar-refractivity contribution is 6.33. The molecule has 3 rings (SSSR count). The van der Waals surface area contributed by atoms with E-state index < -0.39 is 5.97 Å². The van der Waals surface area contributed by atoms with Crippen LogP contribution in [0, 0.1) is 0 Å². The van der Waals surface area contributed by atoms with Crippen molar-refractivity contribution >= 4 is 17.6 Å². The fourth-order valence-corrected chi connectivity index (χ4v) is 2.83. The van der Waals surface area contributed by atoms with Crippen LogP contribution in [0.15, 0.2) is 66.7 Å². The van der Waals surface area contributed by atoms with Crippen LogP contribution in [0.2, 0.25) is 5.15 Å². The molecule has 0 saturated carbocycles. The number of aromatic nitrogens is 1. The average Bonchev–Trinajstić information content (AvgIpc) is 2.93. The Bertz CT molecular complexity index is 810. The minimum absolute atomic E-state index is 0.379. The second kappa shape index (κ2) is 6.71. The Morgan fingerprint density at radius 2 is 1.65 bits per heavy atom. The van der Waals surface area contributed by atoms with Gasteiger partial charge in [-0.25, -0.2) is 4.79 Å². The minimum atomic E-state index is -0.431. The summed E-state index contributed by atoms with van der Waals surface area (Å²) in [7, 11) is 1.36. The zero-order valence-electron chi connectivity index (χ0n) is 12.7. The number of hydrogen-bond acceptors (Lipinski definition) is 2. The predicted molar refractivity (Wildman–Crippen MR) is 91.8 cm³/mol. The van der Waals surface area contributed by atoms with Gasteiger partial charge in [-0.05, 0) is 17.2 Å². The molecule has 116 valence electrons. The lowest BCUT2D eigenvalue weighted by Crippen LogP contribution is -2.04. The van der Waals surface area contributed by atoms with Gasteiger partial charge in [0.15, 0.2) is 0 Å². The summed E-state index contributed by atoms with van der Waals surface area (Å²) in [6, 6.07) is 21.6. The van der Waals surface area contributed by atoms with Crippen molar-refractivity contribution in [2.24, 2.45) is 0 Å². The molecule has 2 aromatic carbocycles. The number of ether oxygens (including phenoxy) is 1. The van der Waals surface area contributed by atoms with Gasteiger partial charge in [0.25, 0.3) is 0 Å². The summed E-state index contributed by atoms with van der Waals surface area (Å²) in [5.41, 5.74) is 3.38. The molecule has 3 nitrogen and oxygen atoms in total. The molecule has 0 atom stereocenters. The van der Waals surface area contributed by atoms with Gasteiger partial charge in [-0.3, -0.25) is 0 Å². The number of carbonyl (C=O) groups is 1. The first kappa shape index (κ1) is 15.4. The Kier molecular flexibility index (Phi) is 4.49. The van der Waals surface area contributed by atoms with Crippen LogP contribution in [-0.2, 0) is 11.3 Å². The molecule has 0 N–H and O–H groups in total.